The van der Waals surface area contributed by atoms with Gasteiger partial charge in [-0.15, -0.1) is 11.8 Å². The molecule has 6 nitrogen and oxygen atoms in total. The highest BCUT2D eigenvalue weighted by atomic mass is 32.2. The minimum Gasteiger partial charge on any atom is -0.497 e. The first-order valence-corrected chi connectivity index (χ1v) is 11.6. The molecule has 34 heavy (non-hydrogen) atoms. The minimum atomic E-state index is -0.117. The smallest absolute Gasteiger partial charge is 0.225 e. The van der Waals surface area contributed by atoms with Gasteiger partial charge in [0.15, 0.2) is 0 Å². The van der Waals surface area contributed by atoms with Crippen molar-refractivity contribution in [3.63, 3.8) is 0 Å². The number of anilines is 1. The van der Waals surface area contributed by atoms with E-state index >= 15 is 0 Å². The summed E-state index contributed by atoms with van der Waals surface area (Å²) >= 11 is 1.40. The molecule has 0 bridgehead atoms. The van der Waals surface area contributed by atoms with Crippen molar-refractivity contribution in [2.75, 3.05) is 18.2 Å². The number of nitrogens with one attached hydrogen (secondary N) is 1. The number of pyridine rings is 2. The zero-order valence-electron chi connectivity index (χ0n) is 18.6. The van der Waals surface area contributed by atoms with Crippen molar-refractivity contribution >= 4 is 23.4 Å². The van der Waals surface area contributed by atoms with Gasteiger partial charge in [-0.1, -0.05) is 42.5 Å². The van der Waals surface area contributed by atoms with Crippen molar-refractivity contribution < 1.29 is 9.53 Å². The number of nitriles is 1. The highest BCUT2D eigenvalue weighted by Crippen LogP contribution is 2.35. The molecule has 0 saturated carbocycles. The highest BCUT2D eigenvalue weighted by Gasteiger charge is 2.16. The lowest BCUT2D eigenvalue weighted by Gasteiger charge is -2.13. The number of aromatic nitrogens is 2. The van der Waals surface area contributed by atoms with Crippen molar-refractivity contribution in [1.29, 1.82) is 5.26 Å². The molecule has 0 saturated heterocycles. The Kier molecular flexibility index (Phi) is 7.53. The number of carbonyl (C=O) groups excluding carboxylic acids is 1. The summed E-state index contributed by atoms with van der Waals surface area (Å²) in [6.07, 6.45) is 3.53. The van der Waals surface area contributed by atoms with Crippen LogP contribution in [0.1, 0.15) is 12.0 Å². The van der Waals surface area contributed by atoms with Gasteiger partial charge in [0.2, 0.25) is 5.91 Å². The van der Waals surface area contributed by atoms with E-state index in [-0.39, 0.29) is 12.3 Å². The van der Waals surface area contributed by atoms with Crippen LogP contribution in [-0.4, -0.2) is 28.7 Å². The average molecular weight is 467 g/mol. The Morgan fingerprint density at radius 1 is 1.06 bits per heavy atom. The number of nitrogens with zero attached hydrogens (tertiary/aromatic N) is 3. The molecule has 0 radical (unpaired) electrons. The van der Waals surface area contributed by atoms with Crippen molar-refractivity contribution in [3.05, 3.63) is 90.8 Å². The summed E-state index contributed by atoms with van der Waals surface area (Å²) in [5.74, 6) is 1.11. The topological polar surface area (TPSA) is 87.9 Å². The molecule has 168 valence electrons. The third-order valence-electron chi connectivity index (χ3n) is 5.08. The molecule has 1 N–H and O–H groups in total. The normalized spacial score (nSPS) is 10.4. The van der Waals surface area contributed by atoms with Gasteiger partial charge < -0.3 is 10.1 Å². The van der Waals surface area contributed by atoms with Gasteiger partial charge in [0.25, 0.3) is 0 Å². The van der Waals surface area contributed by atoms with E-state index in [1.54, 1.807) is 31.6 Å². The van der Waals surface area contributed by atoms with Crippen LogP contribution in [0.4, 0.5) is 5.69 Å². The van der Waals surface area contributed by atoms with Crippen molar-refractivity contribution in [2.24, 2.45) is 0 Å². The van der Waals surface area contributed by atoms with Gasteiger partial charge >= 0.3 is 0 Å². The lowest BCUT2D eigenvalue weighted by Crippen LogP contribution is -2.12. The van der Waals surface area contributed by atoms with Crippen LogP contribution in [0, 0.1) is 11.3 Å². The van der Waals surface area contributed by atoms with Crippen LogP contribution in [-0.2, 0) is 4.79 Å². The molecule has 0 aliphatic heterocycles. The van der Waals surface area contributed by atoms with Gasteiger partial charge in [-0.25, -0.2) is 4.98 Å². The van der Waals surface area contributed by atoms with E-state index in [2.05, 4.69) is 16.4 Å². The Hall–Kier alpha value is -4.15. The molecule has 4 rings (SSSR count). The van der Waals surface area contributed by atoms with Gasteiger partial charge in [-0.05, 0) is 35.9 Å². The Bertz CT molecular complexity index is 1300. The van der Waals surface area contributed by atoms with Crippen LogP contribution in [0.5, 0.6) is 5.75 Å². The molecule has 0 fully saturated rings. The average Bonchev–Trinajstić information content (AvgIpc) is 2.89. The molecule has 7 heteroatoms. The van der Waals surface area contributed by atoms with Crippen LogP contribution < -0.4 is 10.1 Å². The number of hydrogen-bond acceptors (Lipinski definition) is 6. The summed E-state index contributed by atoms with van der Waals surface area (Å²) in [5.41, 5.74) is 4.56. The fourth-order valence-corrected chi connectivity index (χ4v) is 4.33. The fraction of sp³-hybridized carbons (Fsp3) is 0.111. The molecular weight excluding hydrogens is 444 g/mol. The molecule has 4 aromatic rings. The first-order chi connectivity index (χ1) is 16.7. The molecule has 0 aliphatic rings. The highest BCUT2D eigenvalue weighted by molar-refractivity contribution is 7.99. The molecule has 0 unspecified atom stereocenters. The Morgan fingerprint density at radius 2 is 1.85 bits per heavy atom. The van der Waals surface area contributed by atoms with Gasteiger partial charge in [-0.2, -0.15) is 5.26 Å². The second kappa shape index (κ2) is 11.1. The zero-order chi connectivity index (χ0) is 23.8. The first kappa shape index (κ1) is 23.0. The van der Waals surface area contributed by atoms with Gasteiger partial charge in [0.1, 0.15) is 16.8 Å². The Morgan fingerprint density at radius 3 is 2.53 bits per heavy atom. The predicted octanol–water partition coefficient (Wildman–Crippen LogP) is 5.81. The van der Waals surface area contributed by atoms with Gasteiger partial charge in [0, 0.05) is 29.5 Å². The molecule has 2 aromatic carbocycles. The van der Waals surface area contributed by atoms with E-state index < -0.39 is 0 Å². The summed E-state index contributed by atoms with van der Waals surface area (Å²) in [4.78, 5) is 21.1. The predicted molar refractivity (Wildman–Crippen MR) is 135 cm³/mol. The van der Waals surface area contributed by atoms with E-state index in [4.69, 9.17) is 9.72 Å². The van der Waals surface area contributed by atoms with Crippen LogP contribution in [0.25, 0.3) is 22.4 Å². The van der Waals surface area contributed by atoms with Crippen molar-refractivity contribution in [2.45, 2.75) is 11.4 Å². The van der Waals surface area contributed by atoms with E-state index in [1.807, 2.05) is 60.7 Å². The van der Waals surface area contributed by atoms with E-state index in [0.29, 0.717) is 22.0 Å². The second-order valence-corrected chi connectivity index (χ2v) is 8.41. The van der Waals surface area contributed by atoms with Crippen LogP contribution >= 0.6 is 11.8 Å². The summed E-state index contributed by atoms with van der Waals surface area (Å²) in [5, 5.41) is 13.4. The Labute approximate surface area is 202 Å². The number of rotatable bonds is 8. The van der Waals surface area contributed by atoms with Gasteiger partial charge in [0.05, 0.1) is 30.3 Å². The number of carbonyl (C=O) groups is 1. The zero-order valence-corrected chi connectivity index (χ0v) is 19.4. The van der Waals surface area contributed by atoms with Crippen molar-refractivity contribution in [3.8, 4) is 34.2 Å². The largest absolute Gasteiger partial charge is 0.497 e. The number of benzene rings is 2. The molecule has 0 atom stereocenters. The standard InChI is InChI=1S/C27H22N4O2S/c1-33-22-11-9-19(10-12-22)23-16-25(20-6-3-2-4-7-20)31-27(24(23)17-28)34-15-13-26(32)30-21-8-5-14-29-18-21/h2-12,14,16,18H,13,15H2,1H3,(H,30,32). The van der Waals surface area contributed by atoms with E-state index in [1.165, 1.54) is 11.8 Å². The quantitative estimate of drug-likeness (QED) is 0.330. The second-order valence-electron chi connectivity index (χ2n) is 7.33. The molecule has 0 spiro atoms. The van der Waals surface area contributed by atoms with Gasteiger partial charge in [-0.3, -0.25) is 9.78 Å². The SMILES string of the molecule is COc1ccc(-c2cc(-c3ccccc3)nc(SCCC(=O)Nc3cccnc3)c2C#N)cc1. The summed E-state index contributed by atoms with van der Waals surface area (Å²) in [6.45, 7) is 0. The Balaban J connectivity index is 1.62. The lowest BCUT2D eigenvalue weighted by molar-refractivity contribution is -0.115. The summed E-state index contributed by atoms with van der Waals surface area (Å²) in [7, 11) is 1.62. The number of hydrogen-bond donors (Lipinski definition) is 1. The third kappa shape index (κ3) is 5.61. The minimum absolute atomic E-state index is 0.117. The molecule has 1 amide bonds. The molecular formula is C27H22N4O2S. The van der Waals surface area contributed by atoms with Crippen molar-refractivity contribution in [1.82, 2.24) is 9.97 Å². The molecule has 0 aliphatic carbocycles. The maximum Gasteiger partial charge on any atom is 0.225 e. The third-order valence-corrected chi connectivity index (χ3v) is 6.06. The number of ether oxygens (including phenoxy) is 1. The fourth-order valence-electron chi connectivity index (χ4n) is 3.39. The maximum absolute atomic E-state index is 12.3. The van der Waals surface area contributed by atoms with E-state index in [0.717, 1.165) is 28.1 Å². The monoisotopic (exact) mass is 466 g/mol. The van der Waals surface area contributed by atoms with E-state index in [9.17, 15) is 10.1 Å². The van der Waals surface area contributed by atoms with Crippen LogP contribution in [0.3, 0.4) is 0 Å². The lowest BCUT2D eigenvalue weighted by atomic mass is 9.99. The first-order valence-electron chi connectivity index (χ1n) is 10.7. The maximum atomic E-state index is 12.3. The van der Waals surface area contributed by atoms with Crippen LogP contribution in [0.15, 0.2) is 90.2 Å². The van der Waals surface area contributed by atoms with Crippen LogP contribution in [0.2, 0.25) is 0 Å². The molecule has 2 heterocycles. The summed E-state index contributed by atoms with van der Waals surface area (Å²) < 4.78 is 5.27. The molecule has 2 aromatic heterocycles. The number of thioether (sulfide) groups is 1. The number of amides is 1. The summed E-state index contributed by atoms with van der Waals surface area (Å²) in [6, 6.07) is 25.3. The number of methoxy groups -OCH3 is 1.